The molecule has 0 saturated carbocycles. The van der Waals surface area contributed by atoms with E-state index in [1.165, 1.54) is 0 Å². The smallest absolute Gasteiger partial charge is 0.407 e. The average molecular weight is 357 g/mol. The van der Waals surface area contributed by atoms with E-state index in [9.17, 15) is 0 Å². The Bertz CT molecular complexity index is 816. The van der Waals surface area contributed by atoms with E-state index >= 15 is 0 Å². The van der Waals surface area contributed by atoms with Crippen LogP contribution in [0.1, 0.15) is 13.8 Å². The second-order valence-electron chi connectivity index (χ2n) is 7.72. The standard InChI is InChI=1S/C23H24BNO2/c1-23(2)17-26-24(27-18-23)19-13-15-22(16-14-19)25(20-9-5-3-6-10-20)21-11-7-4-8-12-21/h3-16H,17-18H2,1-2H3. The third-order valence-corrected chi connectivity index (χ3v) is 4.70. The summed E-state index contributed by atoms with van der Waals surface area (Å²) in [5.41, 5.74) is 4.49. The fourth-order valence-electron chi connectivity index (χ4n) is 3.27. The van der Waals surface area contributed by atoms with Crippen LogP contribution in [0.15, 0.2) is 84.9 Å². The van der Waals surface area contributed by atoms with Crippen LogP contribution in [0, 0.1) is 5.41 Å². The van der Waals surface area contributed by atoms with E-state index in [1.54, 1.807) is 0 Å². The number of hydrogen-bond acceptors (Lipinski definition) is 3. The van der Waals surface area contributed by atoms with Gasteiger partial charge in [0.1, 0.15) is 0 Å². The molecule has 4 heteroatoms. The number of hydrogen-bond donors (Lipinski definition) is 0. The van der Waals surface area contributed by atoms with Gasteiger partial charge in [-0.25, -0.2) is 0 Å². The van der Waals surface area contributed by atoms with Crippen molar-refractivity contribution in [2.24, 2.45) is 5.41 Å². The summed E-state index contributed by atoms with van der Waals surface area (Å²) in [5.74, 6) is 0. The van der Waals surface area contributed by atoms with Gasteiger partial charge in [0.25, 0.3) is 0 Å². The molecule has 1 aliphatic heterocycles. The highest BCUT2D eigenvalue weighted by Crippen LogP contribution is 2.33. The van der Waals surface area contributed by atoms with Gasteiger partial charge in [-0.2, -0.15) is 0 Å². The maximum Gasteiger partial charge on any atom is 0.493 e. The van der Waals surface area contributed by atoms with Crippen LogP contribution in [-0.4, -0.2) is 20.3 Å². The van der Waals surface area contributed by atoms with Crippen LogP contribution < -0.4 is 10.4 Å². The van der Waals surface area contributed by atoms with Crippen LogP contribution in [-0.2, 0) is 9.31 Å². The van der Waals surface area contributed by atoms with Gasteiger partial charge in [-0.05, 0) is 41.9 Å². The van der Waals surface area contributed by atoms with Crippen molar-refractivity contribution in [1.29, 1.82) is 0 Å². The lowest BCUT2D eigenvalue weighted by Crippen LogP contribution is -2.47. The molecule has 0 atom stereocenters. The SMILES string of the molecule is CC1(C)COB(c2ccc(N(c3ccccc3)c3ccccc3)cc2)OC1. The molecule has 0 aliphatic carbocycles. The summed E-state index contributed by atoms with van der Waals surface area (Å²) in [5, 5.41) is 0. The van der Waals surface area contributed by atoms with Crippen LogP contribution in [0.4, 0.5) is 17.1 Å². The first-order valence-electron chi connectivity index (χ1n) is 9.36. The van der Waals surface area contributed by atoms with E-state index in [0.717, 1.165) is 22.5 Å². The Hall–Kier alpha value is -2.56. The minimum atomic E-state index is -0.283. The Kier molecular flexibility index (Phi) is 5.02. The van der Waals surface area contributed by atoms with Gasteiger partial charge in [0.05, 0.1) is 0 Å². The Balaban J connectivity index is 1.62. The van der Waals surface area contributed by atoms with Crippen LogP contribution in [0.3, 0.4) is 0 Å². The normalized spacial score (nSPS) is 16.1. The minimum absolute atomic E-state index is 0.0772. The number of nitrogens with zero attached hydrogens (tertiary/aromatic N) is 1. The molecule has 0 amide bonds. The number of benzene rings is 3. The van der Waals surface area contributed by atoms with Crippen molar-refractivity contribution in [1.82, 2.24) is 0 Å². The van der Waals surface area contributed by atoms with Crippen molar-refractivity contribution in [2.75, 3.05) is 18.1 Å². The molecule has 1 fully saturated rings. The predicted molar refractivity (Wildman–Crippen MR) is 112 cm³/mol. The van der Waals surface area contributed by atoms with Gasteiger partial charge in [-0.1, -0.05) is 62.4 Å². The summed E-state index contributed by atoms with van der Waals surface area (Å²) in [4.78, 5) is 2.25. The fourth-order valence-corrected chi connectivity index (χ4v) is 3.27. The first-order valence-corrected chi connectivity index (χ1v) is 9.36. The lowest BCUT2D eigenvalue weighted by molar-refractivity contribution is 0.0343. The van der Waals surface area contributed by atoms with E-state index in [2.05, 4.69) is 91.5 Å². The zero-order valence-corrected chi connectivity index (χ0v) is 15.8. The van der Waals surface area contributed by atoms with Gasteiger partial charge in [0, 0.05) is 35.7 Å². The van der Waals surface area contributed by atoms with Crippen molar-refractivity contribution < 1.29 is 9.31 Å². The first kappa shape index (κ1) is 17.8. The molecule has 0 radical (unpaired) electrons. The fraction of sp³-hybridized carbons (Fsp3) is 0.217. The predicted octanol–water partition coefficient (Wildman–Crippen LogP) is 4.92. The van der Waals surface area contributed by atoms with Crippen molar-refractivity contribution >= 4 is 29.6 Å². The number of para-hydroxylation sites is 2. The van der Waals surface area contributed by atoms with Gasteiger partial charge in [-0.15, -0.1) is 0 Å². The molecule has 0 N–H and O–H groups in total. The van der Waals surface area contributed by atoms with Crippen LogP contribution in [0.5, 0.6) is 0 Å². The Labute approximate surface area is 161 Å². The molecule has 0 bridgehead atoms. The van der Waals surface area contributed by atoms with E-state index in [-0.39, 0.29) is 12.5 Å². The third kappa shape index (κ3) is 4.07. The van der Waals surface area contributed by atoms with E-state index < -0.39 is 0 Å². The van der Waals surface area contributed by atoms with E-state index in [4.69, 9.17) is 9.31 Å². The summed E-state index contributed by atoms with van der Waals surface area (Å²) in [6.45, 7) is 5.73. The Morgan fingerprint density at radius 1 is 0.667 bits per heavy atom. The zero-order chi connectivity index (χ0) is 18.7. The molecule has 0 unspecified atom stereocenters. The molecular weight excluding hydrogens is 333 g/mol. The van der Waals surface area contributed by atoms with Gasteiger partial charge in [0.15, 0.2) is 0 Å². The van der Waals surface area contributed by atoms with Crippen LogP contribution in [0.2, 0.25) is 0 Å². The topological polar surface area (TPSA) is 21.7 Å². The molecule has 3 aromatic carbocycles. The monoisotopic (exact) mass is 357 g/mol. The lowest BCUT2D eigenvalue weighted by Gasteiger charge is -2.33. The number of anilines is 3. The Morgan fingerprint density at radius 3 is 1.59 bits per heavy atom. The van der Waals surface area contributed by atoms with Crippen molar-refractivity contribution in [3.05, 3.63) is 84.9 Å². The maximum atomic E-state index is 5.91. The quantitative estimate of drug-likeness (QED) is 0.619. The third-order valence-electron chi connectivity index (χ3n) is 4.70. The summed E-state index contributed by atoms with van der Waals surface area (Å²) < 4.78 is 11.8. The molecular formula is C23H24BNO2. The maximum absolute atomic E-state index is 5.91. The van der Waals surface area contributed by atoms with Crippen molar-refractivity contribution in [3.8, 4) is 0 Å². The average Bonchev–Trinajstić information content (AvgIpc) is 2.71. The van der Waals surface area contributed by atoms with E-state index in [0.29, 0.717) is 13.2 Å². The van der Waals surface area contributed by atoms with Crippen LogP contribution >= 0.6 is 0 Å². The molecule has 0 spiro atoms. The molecule has 1 aliphatic rings. The largest absolute Gasteiger partial charge is 0.493 e. The molecule has 3 aromatic rings. The first-order chi connectivity index (χ1) is 13.1. The summed E-state index contributed by atoms with van der Waals surface area (Å²) in [6.07, 6.45) is 0. The summed E-state index contributed by atoms with van der Waals surface area (Å²) in [7, 11) is -0.283. The zero-order valence-electron chi connectivity index (χ0n) is 15.8. The van der Waals surface area contributed by atoms with Gasteiger partial charge < -0.3 is 14.2 Å². The summed E-state index contributed by atoms with van der Waals surface area (Å²) >= 11 is 0. The molecule has 136 valence electrons. The molecule has 4 rings (SSSR count). The van der Waals surface area contributed by atoms with Crippen LogP contribution in [0.25, 0.3) is 0 Å². The molecule has 3 nitrogen and oxygen atoms in total. The van der Waals surface area contributed by atoms with Gasteiger partial charge in [0.2, 0.25) is 0 Å². The Morgan fingerprint density at radius 2 is 1.11 bits per heavy atom. The second kappa shape index (κ2) is 7.59. The molecule has 0 aromatic heterocycles. The van der Waals surface area contributed by atoms with Crippen molar-refractivity contribution in [3.63, 3.8) is 0 Å². The minimum Gasteiger partial charge on any atom is -0.407 e. The molecule has 1 saturated heterocycles. The lowest BCUT2D eigenvalue weighted by atomic mass is 9.76. The highest BCUT2D eigenvalue weighted by Gasteiger charge is 2.33. The van der Waals surface area contributed by atoms with E-state index in [1.807, 2.05) is 12.1 Å². The van der Waals surface area contributed by atoms with Gasteiger partial charge in [-0.3, -0.25) is 0 Å². The van der Waals surface area contributed by atoms with Crippen molar-refractivity contribution in [2.45, 2.75) is 13.8 Å². The molecule has 1 heterocycles. The number of rotatable bonds is 4. The highest BCUT2D eigenvalue weighted by molar-refractivity contribution is 6.61. The molecule has 27 heavy (non-hydrogen) atoms. The highest BCUT2D eigenvalue weighted by atomic mass is 16.6. The van der Waals surface area contributed by atoms with Gasteiger partial charge >= 0.3 is 7.12 Å². The second-order valence-corrected chi connectivity index (χ2v) is 7.72. The summed E-state index contributed by atoms with van der Waals surface area (Å²) in [6, 6.07) is 29.2.